The van der Waals surface area contributed by atoms with Crippen LogP contribution in [0.1, 0.15) is 5.69 Å². The summed E-state index contributed by atoms with van der Waals surface area (Å²) in [6, 6.07) is 5.00. The minimum atomic E-state index is -0.239. The van der Waals surface area contributed by atoms with Gasteiger partial charge in [0.2, 0.25) is 0 Å². The van der Waals surface area contributed by atoms with Gasteiger partial charge in [-0.2, -0.15) is 5.10 Å². The van der Waals surface area contributed by atoms with Crippen LogP contribution in [-0.4, -0.2) is 16.3 Å². The van der Waals surface area contributed by atoms with Crippen molar-refractivity contribution in [3.63, 3.8) is 0 Å². The van der Waals surface area contributed by atoms with Crippen LogP contribution in [0, 0.1) is 12.7 Å². The summed E-state index contributed by atoms with van der Waals surface area (Å²) in [5.74, 6) is -0.239. The molecule has 0 unspecified atom stereocenters. The number of hydrogen-bond donors (Lipinski definition) is 1. The zero-order chi connectivity index (χ0) is 10.1. The van der Waals surface area contributed by atoms with Gasteiger partial charge in [-0.15, -0.1) is 0 Å². The standard InChI is InChI=1S/C10H12FN3/c1-7-8-3-2-4-9(11)10(8)14(13-7)6-5-12/h2-4H,5-6,12H2,1H3. The van der Waals surface area contributed by atoms with Crippen LogP contribution in [0.2, 0.25) is 0 Å². The molecule has 1 aromatic carbocycles. The monoisotopic (exact) mass is 193 g/mol. The fraction of sp³-hybridized carbons (Fsp3) is 0.300. The molecule has 4 heteroatoms. The number of aromatic nitrogens is 2. The van der Waals surface area contributed by atoms with E-state index in [4.69, 9.17) is 5.73 Å². The maximum atomic E-state index is 13.5. The fourth-order valence-corrected chi connectivity index (χ4v) is 1.64. The maximum Gasteiger partial charge on any atom is 0.149 e. The molecule has 0 spiro atoms. The van der Waals surface area contributed by atoms with Crippen molar-refractivity contribution < 1.29 is 4.39 Å². The van der Waals surface area contributed by atoms with Crippen LogP contribution in [0.25, 0.3) is 10.9 Å². The van der Waals surface area contributed by atoms with Crippen molar-refractivity contribution in [1.82, 2.24) is 9.78 Å². The normalized spacial score (nSPS) is 11.1. The second-order valence-electron chi connectivity index (χ2n) is 3.23. The smallest absolute Gasteiger partial charge is 0.149 e. The molecule has 0 aliphatic rings. The molecule has 14 heavy (non-hydrogen) atoms. The van der Waals surface area contributed by atoms with Crippen molar-refractivity contribution in [2.75, 3.05) is 6.54 Å². The lowest BCUT2D eigenvalue weighted by molar-refractivity contribution is 0.596. The van der Waals surface area contributed by atoms with Crippen LogP contribution in [-0.2, 0) is 6.54 Å². The highest BCUT2D eigenvalue weighted by atomic mass is 19.1. The molecule has 0 saturated heterocycles. The lowest BCUT2D eigenvalue weighted by atomic mass is 10.2. The molecule has 2 rings (SSSR count). The molecule has 0 atom stereocenters. The highest BCUT2D eigenvalue weighted by Gasteiger charge is 2.10. The van der Waals surface area contributed by atoms with E-state index in [2.05, 4.69) is 5.10 Å². The van der Waals surface area contributed by atoms with Crippen LogP contribution < -0.4 is 5.73 Å². The van der Waals surface area contributed by atoms with Crippen molar-refractivity contribution in [3.8, 4) is 0 Å². The van der Waals surface area contributed by atoms with Gasteiger partial charge in [0.15, 0.2) is 0 Å². The van der Waals surface area contributed by atoms with Gasteiger partial charge in [0, 0.05) is 11.9 Å². The number of rotatable bonds is 2. The third kappa shape index (κ3) is 1.28. The zero-order valence-electron chi connectivity index (χ0n) is 8.00. The first-order valence-corrected chi connectivity index (χ1v) is 4.55. The van der Waals surface area contributed by atoms with Gasteiger partial charge in [-0.3, -0.25) is 4.68 Å². The van der Waals surface area contributed by atoms with E-state index in [1.165, 1.54) is 6.07 Å². The van der Waals surface area contributed by atoms with Crippen LogP contribution in [0.5, 0.6) is 0 Å². The van der Waals surface area contributed by atoms with Gasteiger partial charge in [-0.1, -0.05) is 12.1 Å². The molecule has 1 aromatic heterocycles. The van der Waals surface area contributed by atoms with E-state index < -0.39 is 0 Å². The number of para-hydroxylation sites is 1. The van der Waals surface area contributed by atoms with Crippen LogP contribution in [0.15, 0.2) is 18.2 Å². The van der Waals surface area contributed by atoms with E-state index in [0.29, 0.717) is 18.6 Å². The number of nitrogens with zero attached hydrogens (tertiary/aromatic N) is 2. The summed E-state index contributed by atoms with van der Waals surface area (Å²) in [4.78, 5) is 0. The third-order valence-electron chi connectivity index (χ3n) is 2.25. The van der Waals surface area contributed by atoms with Crippen LogP contribution in [0.3, 0.4) is 0 Å². The van der Waals surface area contributed by atoms with E-state index in [-0.39, 0.29) is 5.82 Å². The SMILES string of the molecule is Cc1nn(CCN)c2c(F)cccc12. The molecule has 0 saturated carbocycles. The van der Waals surface area contributed by atoms with Gasteiger partial charge in [0.1, 0.15) is 11.3 Å². The first-order chi connectivity index (χ1) is 6.74. The summed E-state index contributed by atoms with van der Waals surface area (Å²) < 4.78 is 15.1. The molecular formula is C10H12FN3. The van der Waals surface area contributed by atoms with Crippen molar-refractivity contribution in [3.05, 3.63) is 29.7 Å². The zero-order valence-corrected chi connectivity index (χ0v) is 8.00. The predicted octanol–water partition coefficient (Wildman–Crippen LogP) is 1.44. The Bertz CT molecular complexity index is 462. The molecule has 1 heterocycles. The van der Waals surface area contributed by atoms with Gasteiger partial charge in [-0.05, 0) is 13.0 Å². The number of fused-ring (bicyclic) bond motifs is 1. The molecule has 2 N–H and O–H groups in total. The van der Waals surface area contributed by atoms with Crippen LogP contribution >= 0.6 is 0 Å². The average Bonchev–Trinajstić information content (AvgIpc) is 2.46. The van der Waals surface area contributed by atoms with Gasteiger partial charge in [0.05, 0.1) is 12.2 Å². The quantitative estimate of drug-likeness (QED) is 0.784. The highest BCUT2D eigenvalue weighted by Crippen LogP contribution is 2.20. The van der Waals surface area contributed by atoms with Crippen molar-refractivity contribution in [1.29, 1.82) is 0 Å². The summed E-state index contributed by atoms with van der Waals surface area (Å²) >= 11 is 0. The minimum absolute atomic E-state index is 0.239. The Morgan fingerprint density at radius 2 is 2.29 bits per heavy atom. The van der Waals surface area contributed by atoms with Gasteiger partial charge >= 0.3 is 0 Å². The predicted molar refractivity (Wildman–Crippen MR) is 53.5 cm³/mol. The first-order valence-electron chi connectivity index (χ1n) is 4.55. The summed E-state index contributed by atoms with van der Waals surface area (Å²) in [5, 5.41) is 5.10. The Kier molecular flexibility index (Phi) is 2.21. The number of aryl methyl sites for hydroxylation is 1. The van der Waals surface area contributed by atoms with Crippen molar-refractivity contribution in [2.24, 2.45) is 5.73 Å². The van der Waals surface area contributed by atoms with Gasteiger partial charge in [0.25, 0.3) is 0 Å². The van der Waals surface area contributed by atoms with Crippen molar-refractivity contribution >= 4 is 10.9 Å². The molecule has 0 aliphatic carbocycles. The molecule has 3 nitrogen and oxygen atoms in total. The highest BCUT2D eigenvalue weighted by molar-refractivity contribution is 5.82. The molecular weight excluding hydrogens is 181 g/mol. The molecule has 0 bridgehead atoms. The van der Waals surface area contributed by atoms with E-state index in [1.54, 1.807) is 10.7 Å². The lowest BCUT2D eigenvalue weighted by Crippen LogP contribution is -2.11. The van der Waals surface area contributed by atoms with Crippen molar-refractivity contribution in [2.45, 2.75) is 13.5 Å². The molecule has 74 valence electrons. The average molecular weight is 193 g/mol. The van der Waals surface area contributed by atoms with E-state index in [9.17, 15) is 4.39 Å². The lowest BCUT2D eigenvalue weighted by Gasteiger charge is -2.00. The first kappa shape index (κ1) is 9.15. The number of nitrogens with two attached hydrogens (primary N) is 1. The number of benzene rings is 1. The Balaban J connectivity index is 2.72. The Hall–Kier alpha value is -1.42. The van der Waals surface area contributed by atoms with E-state index in [0.717, 1.165) is 11.1 Å². The van der Waals surface area contributed by atoms with E-state index >= 15 is 0 Å². The number of halogens is 1. The Morgan fingerprint density at radius 1 is 1.50 bits per heavy atom. The minimum Gasteiger partial charge on any atom is -0.329 e. The molecule has 2 aromatic rings. The Labute approximate surface area is 81.3 Å². The molecule has 0 amide bonds. The van der Waals surface area contributed by atoms with Gasteiger partial charge < -0.3 is 5.73 Å². The topological polar surface area (TPSA) is 43.8 Å². The summed E-state index contributed by atoms with van der Waals surface area (Å²) in [6.45, 7) is 2.88. The molecule has 0 aliphatic heterocycles. The maximum absolute atomic E-state index is 13.5. The molecule has 0 radical (unpaired) electrons. The molecule has 0 fully saturated rings. The Morgan fingerprint density at radius 3 is 3.00 bits per heavy atom. The van der Waals surface area contributed by atoms with Crippen LogP contribution in [0.4, 0.5) is 4.39 Å². The second kappa shape index (κ2) is 3.38. The summed E-state index contributed by atoms with van der Waals surface area (Å²) in [6.07, 6.45) is 0. The summed E-state index contributed by atoms with van der Waals surface area (Å²) in [7, 11) is 0. The summed E-state index contributed by atoms with van der Waals surface area (Å²) in [5.41, 5.74) is 6.82. The number of hydrogen-bond acceptors (Lipinski definition) is 2. The second-order valence-corrected chi connectivity index (χ2v) is 3.23. The largest absolute Gasteiger partial charge is 0.329 e. The van der Waals surface area contributed by atoms with Gasteiger partial charge in [-0.25, -0.2) is 4.39 Å². The third-order valence-corrected chi connectivity index (χ3v) is 2.25. The van der Waals surface area contributed by atoms with E-state index in [1.807, 2.05) is 13.0 Å². The fourth-order valence-electron chi connectivity index (χ4n) is 1.64.